The molecule has 96 valence electrons. The second-order valence-electron chi connectivity index (χ2n) is 6.14. The van der Waals surface area contributed by atoms with E-state index >= 15 is 0 Å². The summed E-state index contributed by atoms with van der Waals surface area (Å²) in [7, 11) is 0. The van der Waals surface area contributed by atoms with Crippen LogP contribution in [0.25, 0.3) is 0 Å². The van der Waals surface area contributed by atoms with Gasteiger partial charge in [0, 0.05) is 5.54 Å². The lowest BCUT2D eigenvalue weighted by molar-refractivity contribution is 0.422. The van der Waals surface area contributed by atoms with Crippen LogP contribution in [0, 0.1) is 20.8 Å². The first kappa shape index (κ1) is 14.2. The van der Waals surface area contributed by atoms with Crippen molar-refractivity contribution in [3.63, 3.8) is 0 Å². The van der Waals surface area contributed by atoms with Crippen LogP contribution in [-0.2, 0) is 6.42 Å². The van der Waals surface area contributed by atoms with Crippen LogP contribution in [0.15, 0.2) is 12.1 Å². The third-order valence-electron chi connectivity index (χ3n) is 3.23. The first-order chi connectivity index (χ1) is 7.79. The molecule has 0 spiro atoms. The summed E-state index contributed by atoms with van der Waals surface area (Å²) in [5.41, 5.74) is 5.99. The lowest BCUT2D eigenvalue weighted by Crippen LogP contribution is -2.36. The first-order valence-electron chi connectivity index (χ1n) is 6.61. The molecule has 0 saturated heterocycles. The van der Waals surface area contributed by atoms with Crippen LogP contribution in [0.2, 0.25) is 0 Å². The number of hydrogen-bond acceptors (Lipinski definition) is 1. The largest absolute Gasteiger partial charge is 0.312 e. The Morgan fingerprint density at radius 2 is 1.53 bits per heavy atom. The van der Waals surface area contributed by atoms with Crippen LogP contribution in [0.4, 0.5) is 0 Å². The molecule has 1 aromatic rings. The highest BCUT2D eigenvalue weighted by Gasteiger charge is 2.08. The molecule has 0 heterocycles. The van der Waals surface area contributed by atoms with Gasteiger partial charge in [0.15, 0.2) is 0 Å². The minimum absolute atomic E-state index is 0.234. The van der Waals surface area contributed by atoms with Crippen molar-refractivity contribution in [2.75, 3.05) is 6.54 Å². The smallest absolute Gasteiger partial charge is 0.00965 e. The number of benzene rings is 1. The Kier molecular flexibility index (Phi) is 4.76. The van der Waals surface area contributed by atoms with E-state index in [0.717, 1.165) is 6.54 Å². The zero-order chi connectivity index (χ0) is 13.1. The van der Waals surface area contributed by atoms with E-state index in [-0.39, 0.29) is 5.54 Å². The van der Waals surface area contributed by atoms with E-state index in [1.165, 1.54) is 35.1 Å². The van der Waals surface area contributed by atoms with Crippen molar-refractivity contribution in [3.05, 3.63) is 34.4 Å². The Labute approximate surface area is 107 Å². The van der Waals surface area contributed by atoms with Crippen molar-refractivity contribution in [2.45, 2.75) is 59.9 Å². The van der Waals surface area contributed by atoms with Gasteiger partial charge in [-0.3, -0.25) is 0 Å². The van der Waals surface area contributed by atoms with Crippen LogP contribution in [0.1, 0.15) is 49.4 Å². The summed E-state index contributed by atoms with van der Waals surface area (Å²) in [6.45, 7) is 14.4. The Balaban J connectivity index is 2.50. The fourth-order valence-corrected chi connectivity index (χ4v) is 2.03. The number of aryl methyl sites for hydroxylation is 4. The number of rotatable bonds is 4. The maximum Gasteiger partial charge on any atom is 0.00965 e. The number of hydrogen-bond donors (Lipinski definition) is 1. The second kappa shape index (κ2) is 5.68. The first-order valence-corrected chi connectivity index (χ1v) is 6.61. The van der Waals surface area contributed by atoms with Gasteiger partial charge in [-0.15, -0.1) is 0 Å². The summed E-state index contributed by atoms with van der Waals surface area (Å²) in [5.74, 6) is 0. The fraction of sp³-hybridized carbons (Fsp3) is 0.625. The van der Waals surface area contributed by atoms with Gasteiger partial charge in [-0.2, -0.15) is 0 Å². The van der Waals surface area contributed by atoms with E-state index < -0.39 is 0 Å². The summed E-state index contributed by atoms with van der Waals surface area (Å²) < 4.78 is 0. The zero-order valence-corrected chi connectivity index (χ0v) is 12.3. The Bertz CT molecular complexity index is 372. The molecule has 0 atom stereocenters. The van der Waals surface area contributed by atoms with Gasteiger partial charge in [-0.25, -0.2) is 0 Å². The third kappa shape index (κ3) is 4.91. The van der Waals surface area contributed by atoms with Gasteiger partial charge in [0.1, 0.15) is 0 Å². The zero-order valence-electron chi connectivity index (χ0n) is 12.3. The molecule has 0 fully saturated rings. The molecular formula is C16H27N. The molecule has 1 nitrogen and oxygen atoms in total. The standard InChI is InChI=1S/C16H27N/c1-12-10-14(3)15(11-13(12)2)8-7-9-17-16(4,5)6/h10-11,17H,7-9H2,1-6H3. The number of nitrogens with one attached hydrogen (secondary N) is 1. The van der Waals surface area contributed by atoms with E-state index in [9.17, 15) is 0 Å². The molecular weight excluding hydrogens is 206 g/mol. The summed E-state index contributed by atoms with van der Waals surface area (Å²) in [5, 5.41) is 3.54. The van der Waals surface area contributed by atoms with Crippen molar-refractivity contribution in [1.29, 1.82) is 0 Å². The minimum atomic E-state index is 0.234. The van der Waals surface area contributed by atoms with Gasteiger partial charge in [0.25, 0.3) is 0 Å². The molecule has 1 rings (SSSR count). The molecule has 0 bridgehead atoms. The van der Waals surface area contributed by atoms with Gasteiger partial charge in [-0.1, -0.05) is 12.1 Å². The monoisotopic (exact) mass is 233 g/mol. The van der Waals surface area contributed by atoms with E-state index in [1.54, 1.807) is 0 Å². The maximum atomic E-state index is 3.54. The molecule has 0 radical (unpaired) electrons. The minimum Gasteiger partial charge on any atom is -0.312 e. The van der Waals surface area contributed by atoms with Gasteiger partial charge >= 0.3 is 0 Å². The van der Waals surface area contributed by atoms with Crippen LogP contribution in [-0.4, -0.2) is 12.1 Å². The highest BCUT2D eigenvalue weighted by atomic mass is 14.9. The molecule has 0 unspecified atom stereocenters. The molecule has 1 N–H and O–H groups in total. The van der Waals surface area contributed by atoms with Crippen molar-refractivity contribution in [2.24, 2.45) is 0 Å². The molecule has 0 aromatic heterocycles. The van der Waals surface area contributed by atoms with Crippen molar-refractivity contribution in [3.8, 4) is 0 Å². The summed E-state index contributed by atoms with van der Waals surface area (Å²) in [6, 6.07) is 4.66. The predicted molar refractivity (Wildman–Crippen MR) is 76.7 cm³/mol. The third-order valence-corrected chi connectivity index (χ3v) is 3.23. The van der Waals surface area contributed by atoms with Gasteiger partial charge in [-0.05, 0) is 83.2 Å². The van der Waals surface area contributed by atoms with Gasteiger partial charge in [0.2, 0.25) is 0 Å². The Morgan fingerprint density at radius 3 is 2.12 bits per heavy atom. The molecule has 1 aromatic carbocycles. The average Bonchev–Trinajstić information content (AvgIpc) is 2.18. The quantitative estimate of drug-likeness (QED) is 0.777. The summed E-state index contributed by atoms with van der Waals surface area (Å²) in [6.07, 6.45) is 2.39. The second-order valence-corrected chi connectivity index (χ2v) is 6.14. The predicted octanol–water partition coefficient (Wildman–Crippen LogP) is 3.93. The van der Waals surface area contributed by atoms with E-state index in [2.05, 4.69) is 59.0 Å². The van der Waals surface area contributed by atoms with E-state index in [1.807, 2.05) is 0 Å². The molecule has 1 heteroatoms. The molecule has 0 aliphatic heterocycles. The van der Waals surface area contributed by atoms with Crippen molar-refractivity contribution in [1.82, 2.24) is 5.32 Å². The van der Waals surface area contributed by atoms with Crippen LogP contribution < -0.4 is 5.32 Å². The van der Waals surface area contributed by atoms with Gasteiger partial charge < -0.3 is 5.32 Å². The molecule has 0 aliphatic carbocycles. The van der Waals surface area contributed by atoms with Crippen LogP contribution in [0.5, 0.6) is 0 Å². The van der Waals surface area contributed by atoms with Crippen LogP contribution in [0.3, 0.4) is 0 Å². The van der Waals surface area contributed by atoms with E-state index in [0.29, 0.717) is 0 Å². The SMILES string of the molecule is Cc1cc(C)c(CCCNC(C)(C)C)cc1C. The average molecular weight is 233 g/mol. The van der Waals surface area contributed by atoms with Crippen LogP contribution >= 0.6 is 0 Å². The van der Waals surface area contributed by atoms with Gasteiger partial charge in [0.05, 0.1) is 0 Å². The lowest BCUT2D eigenvalue weighted by Gasteiger charge is -2.20. The summed E-state index contributed by atoms with van der Waals surface area (Å²) >= 11 is 0. The van der Waals surface area contributed by atoms with E-state index in [4.69, 9.17) is 0 Å². The highest BCUT2D eigenvalue weighted by Crippen LogP contribution is 2.16. The van der Waals surface area contributed by atoms with Crippen molar-refractivity contribution < 1.29 is 0 Å². The highest BCUT2D eigenvalue weighted by molar-refractivity contribution is 5.36. The molecule has 0 amide bonds. The lowest BCUT2D eigenvalue weighted by atomic mass is 9.97. The maximum absolute atomic E-state index is 3.54. The Hall–Kier alpha value is -0.820. The summed E-state index contributed by atoms with van der Waals surface area (Å²) in [4.78, 5) is 0. The topological polar surface area (TPSA) is 12.0 Å². The van der Waals surface area contributed by atoms with Crippen molar-refractivity contribution >= 4 is 0 Å². The molecule has 17 heavy (non-hydrogen) atoms. The molecule has 0 saturated carbocycles. The fourth-order valence-electron chi connectivity index (χ4n) is 2.03. The molecule has 0 aliphatic rings. The Morgan fingerprint density at radius 1 is 0.941 bits per heavy atom. The normalized spacial score (nSPS) is 11.9.